The highest BCUT2D eigenvalue weighted by Gasteiger charge is 2.23. The second-order valence-corrected chi connectivity index (χ2v) is 5.34. The normalized spacial score (nSPS) is 18.9. The summed E-state index contributed by atoms with van der Waals surface area (Å²) >= 11 is 0. The Kier molecular flexibility index (Phi) is 4.84. The van der Waals surface area contributed by atoms with E-state index in [9.17, 15) is 9.59 Å². The molecule has 1 amide bonds. The van der Waals surface area contributed by atoms with Crippen LogP contribution in [-0.4, -0.2) is 29.9 Å². The summed E-state index contributed by atoms with van der Waals surface area (Å²) in [4.78, 5) is 28.3. The van der Waals surface area contributed by atoms with Gasteiger partial charge in [-0.05, 0) is 18.9 Å². The van der Waals surface area contributed by atoms with E-state index in [2.05, 4.69) is 10.3 Å². The lowest BCUT2D eigenvalue weighted by atomic mass is 9.99. The average Bonchev–Trinajstić information content (AvgIpc) is 2.48. The molecule has 2 rings (SSSR count). The lowest BCUT2D eigenvalue weighted by Crippen LogP contribution is -2.30. The van der Waals surface area contributed by atoms with Crippen molar-refractivity contribution in [1.82, 2.24) is 4.98 Å². The number of nitrogens with zero attached hydrogens (tertiary/aromatic N) is 1. The van der Waals surface area contributed by atoms with Crippen molar-refractivity contribution in [2.45, 2.75) is 26.7 Å². The van der Waals surface area contributed by atoms with Crippen molar-refractivity contribution in [3.05, 3.63) is 24.0 Å². The highest BCUT2D eigenvalue weighted by Crippen LogP contribution is 2.21. The van der Waals surface area contributed by atoms with Crippen LogP contribution in [0.1, 0.15) is 37.0 Å². The van der Waals surface area contributed by atoms with Crippen LogP contribution in [0.3, 0.4) is 0 Å². The summed E-state index contributed by atoms with van der Waals surface area (Å²) in [5.74, 6) is -0.381. The van der Waals surface area contributed by atoms with Gasteiger partial charge in [-0.3, -0.25) is 14.6 Å². The van der Waals surface area contributed by atoms with Crippen LogP contribution in [-0.2, 0) is 9.53 Å². The van der Waals surface area contributed by atoms with Gasteiger partial charge in [-0.25, -0.2) is 0 Å². The second kappa shape index (κ2) is 6.61. The molecule has 1 aliphatic rings. The molecule has 20 heavy (non-hydrogen) atoms. The Hall–Kier alpha value is -1.75. The summed E-state index contributed by atoms with van der Waals surface area (Å²) in [7, 11) is 0. The van der Waals surface area contributed by atoms with Gasteiger partial charge in [-0.2, -0.15) is 0 Å². The molecule has 1 saturated heterocycles. The van der Waals surface area contributed by atoms with Gasteiger partial charge in [0.25, 0.3) is 0 Å². The van der Waals surface area contributed by atoms with Gasteiger partial charge in [0.1, 0.15) is 0 Å². The van der Waals surface area contributed by atoms with Crippen molar-refractivity contribution in [2.75, 3.05) is 18.5 Å². The summed E-state index contributed by atoms with van der Waals surface area (Å²) in [5, 5.41) is 2.84. The van der Waals surface area contributed by atoms with Crippen molar-refractivity contribution in [2.24, 2.45) is 11.8 Å². The minimum absolute atomic E-state index is 0.0201. The maximum absolute atomic E-state index is 12.2. The number of ether oxygens (including phenoxy) is 1. The van der Waals surface area contributed by atoms with Crippen molar-refractivity contribution in [3.8, 4) is 0 Å². The van der Waals surface area contributed by atoms with Gasteiger partial charge in [0.05, 0.1) is 23.8 Å². The molecule has 0 aromatic carbocycles. The molecule has 0 aliphatic carbocycles. The van der Waals surface area contributed by atoms with Crippen LogP contribution in [0.2, 0.25) is 0 Å². The number of amides is 1. The molecule has 1 atom stereocenters. The number of nitrogens with one attached hydrogen (secondary N) is 1. The van der Waals surface area contributed by atoms with Gasteiger partial charge in [-0.15, -0.1) is 0 Å². The molecule has 1 N–H and O–H groups in total. The van der Waals surface area contributed by atoms with Gasteiger partial charge in [-0.1, -0.05) is 13.8 Å². The third kappa shape index (κ3) is 3.42. The minimum atomic E-state index is -0.140. The molecular formula is C15H20N2O3. The Labute approximate surface area is 118 Å². The number of hydrogen-bond donors (Lipinski definition) is 1. The molecule has 1 fully saturated rings. The fourth-order valence-corrected chi connectivity index (χ4v) is 2.19. The van der Waals surface area contributed by atoms with Crippen LogP contribution in [0.5, 0.6) is 0 Å². The zero-order valence-corrected chi connectivity index (χ0v) is 11.9. The average molecular weight is 276 g/mol. The van der Waals surface area contributed by atoms with Crippen LogP contribution in [0.15, 0.2) is 18.5 Å². The summed E-state index contributed by atoms with van der Waals surface area (Å²) in [6.07, 6.45) is 4.80. The number of rotatable bonds is 4. The minimum Gasteiger partial charge on any atom is -0.381 e. The first-order valence-corrected chi connectivity index (χ1v) is 6.96. The molecule has 1 aromatic rings. The number of hydrogen-bond acceptors (Lipinski definition) is 4. The van der Waals surface area contributed by atoms with E-state index in [1.54, 1.807) is 12.3 Å². The van der Waals surface area contributed by atoms with E-state index < -0.39 is 0 Å². The first-order valence-electron chi connectivity index (χ1n) is 6.96. The molecule has 0 unspecified atom stereocenters. The van der Waals surface area contributed by atoms with E-state index in [1.807, 2.05) is 13.8 Å². The van der Waals surface area contributed by atoms with Gasteiger partial charge in [0, 0.05) is 24.9 Å². The zero-order valence-electron chi connectivity index (χ0n) is 11.9. The molecule has 108 valence electrons. The Morgan fingerprint density at radius 2 is 2.25 bits per heavy atom. The number of pyridine rings is 1. The summed E-state index contributed by atoms with van der Waals surface area (Å²) in [5.41, 5.74) is 1.00. The fraction of sp³-hybridized carbons (Fsp3) is 0.533. The topological polar surface area (TPSA) is 68.3 Å². The number of Topliss-reactive ketones (excluding diaryl/α,β-unsaturated/α-hetero) is 1. The van der Waals surface area contributed by atoms with E-state index in [0.29, 0.717) is 17.9 Å². The van der Waals surface area contributed by atoms with Gasteiger partial charge in [0.15, 0.2) is 5.78 Å². The van der Waals surface area contributed by atoms with E-state index in [1.165, 1.54) is 6.20 Å². The van der Waals surface area contributed by atoms with Crippen molar-refractivity contribution in [3.63, 3.8) is 0 Å². The smallest absolute Gasteiger partial charge is 0.229 e. The highest BCUT2D eigenvalue weighted by molar-refractivity contribution is 6.05. The predicted octanol–water partition coefficient (Wildman–Crippen LogP) is 2.29. The Balaban J connectivity index is 2.12. The monoisotopic (exact) mass is 276 g/mol. The lowest BCUT2D eigenvalue weighted by molar-refractivity contribution is -0.123. The Bertz CT molecular complexity index is 494. The fourth-order valence-electron chi connectivity index (χ4n) is 2.19. The van der Waals surface area contributed by atoms with E-state index >= 15 is 0 Å². The molecule has 2 heterocycles. The molecule has 0 radical (unpaired) electrons. The van der Waals surface area contributed by atoms with Crippen molar-refractivity contribution < 1.29 is 14.3 Å². The largest absolute Gasteiger partial charge is 0.381 e. The van der Waals surface area contributed by atoms with Crippen LogP contribution in [0.25, 0.3) is 0 Å². The molecule has 5 heteroatoms. The molecule has 0 saturated carbocycles. The van der Waals surface area contributed by atoms with Crippen LogP contribution in [0, 0.1) is 11.8 Å². The summed E-state index contributed by atoms with van der Waals surface area (Å²) in [6.45, 7) is 4.83. The third-order valence-electron chi connectivity index (χ3n) is 3.40. The Morgan fingerprint density at radius 3 is 2.90 bits per heavy atom. The maximum Gasteiger partial charge on any atom is 0.229 e. The number of aromatic nitrogens is 1. The van der Waals surface area contributed by atoms with Gasteiger partial charge >= 0.3 is 0 Å². The second-order valence-electron chi connectivity index (χ2n) is 5.34. The van der Waals surface area contributed by atoms with Crippen LogP contribution < -0.4 is 5.32 Å². The first kappa shape index (κ1) is 14.7. The van der Waals surface area contributed by atoms with E-state index in [4.69, 9.17) is 4.74 Å². The summed E-state index contributed by atoms with van der Waals surface area (Å²) in [6, 6.07) is 1.66. The quantitative estimate of drug-likeness (QED) is 0.857. The number of carbonyl (C=O) groups excluding carboxylic acids is 2. The van der Waals surface area contributed by atoms with Crippen molar-refractivity contribution >= 4 is 17.4 Å². The van der Waals surface area contributed by atoms with E-state index in [-0.39, 0.29) is 23.5 Å². The number of carbonyl (C=O) groups is 2. The number of anilines is 1. The van der Waals surface area contributed by atoms with E-state index in [0.717, 1.165) is 19.4 Å². The first-order chi connectivity index (χ1) is 9.59. The van der Waals surface area contributed by atoms with Gasteiger partial charge in [0.2, 0.25) is 5.91 Å². The predicted molar refractivity (Wildman–Crippen MR) is 75.6 cm³/mol. The van der Waals surface area contributed by atoms with Crippen molar-refractivity contribution in [1.29, 1.82) is 0 Å². The molecule has 0 spiro atoms. The highest BCUT2D eigenvalue weighted by atomic mass is 16.5. The molecule has 0 bridgehead atoms. The molecule has 1 aliphatic heterocycles. The molecule has 5 nitrogen and oxygen atoms in total. The molecular weight excluding hydrogens is 256 g/mol. The Morgan fingerprint density at radius 1 is 1.45 bits per heavy atom. The number of ketones is 1. The van der Waals surface area contributed by atoms with Crippen LogP contribution in [0.4, 0.5) is 5.69 Å². The van der Waals surface area contributed by atoms with Crippen LogP contribution >= 0.6 is 0 Å². The maximum atomic E-state index is 12.2. The third-order valence-corrected chi connectivity index (χ3v) is 3.40. The summed E-state index contributed by atoms with van der Waals surface area (Å²) < 4.78 is 5.32. The SMILES string of the molecule is CC(C)C(=O)c1cnccc1NC(=O)[C@H]1CCCOC1. The zero-order chi connectivity index (χ0) is 14.5. The van der Waals surface area contributed by atoms with Gasteiger partial charge < -0.3 is 10.1 Å². The standard InChI is InChI=1S/C15H20N2O3/c1-10(2)14(18)12-8-16-6-5-13(12)17-15(19)11-4-3-7-20-9-11/h5-6,8,10-11H,3-4,7,9H2,1-2H3,(H,16,17,19)/t11-/m0/s1. The molecule has 1 aromatic heterocycles. The lowest BCUT2D eigenvalue weighted by Gasteiger charge is -2.21.